The molecule has 2 N–H and O–H groups in total. The van der Waals surface area contributed by atoms with Crippen LogP contribution in [0.3, 0.4) is 0 Å². The monoisotopic (exact) mass is 350 g/mol. The quantitative estimate of drug-likeness (QED) is 0.829. The Labute approximate surface area is 149 Å². The van der Waals surface area contributed by atoms with Gasteiger partial charge in [0.15, 0.2) is 0 Å². The number of hydrogen-bond donors (Lipinski definition) is 2. The molecule has 0 spiro atoms. The summed E-state index contributed by atoms with van der Waals surface area (Å²) >= 11 is 6.45. The number of carbonyl (C=O) groups is 1. The Morgan fingerprint density at radius 3 is 2.83 bits per heavy atom. The summed E-state index contributed by atoms with van der Waals surface area (Å²) in [6.07, 6.45) is 4.56. The van der Waals surface area contributed by atoms with Gasteiger partial charge >= 0.3 is 0 Å². The Hall–Kier alpha value is -1.10. The lowest BCUT2D eigenvalue weighted by Crippen LogP contribution is -2.44. The maximum atomic E-state index is 12.3. The van der Waals surface area contributed by atoms with Gasteiger partial charge < -0.3 is 15.4 Å². The zero-order valence-electron chi connectivity index (χ0n) is 14.2. The SMILES string of the molecule is O=C(CCC1CCNC1)NCC1(c2ccccc2Cl)CCOCC1. The number of hydrogen-bond acceptors (Lipinski definition) is 3. The molecule has 2 aliphatic rings. The van der Waals surface area contributed by atoms with Crippen molar-refractivity contribution in [3.8, 4) is 0 Å². The van der Waals surface area contributed by atoms with Gasteiger partial charge in [0.2, 0.25) is 5.91 Å². The largest absolute Gasteiger partial charge is 0.381 e. The first-order chi connectivity index (χ1) is 11.7. The average molecular weight is 351 g/mol. The Kier molecular flexibility index (Phi) is 6.14. The highest BCUT2D eigenvalue weighted by Gasteiger charge is 2.36. The second-order valence-corrected chi connectivity index (χ2v) is 7.45. The molecule has 2 fully saturated rings. The molecule has 0 radical (unpaired) electrons. The molecule has 0 bridgehead atoms. The molecule has 0 aromatic heterocycles. The van der Waals surface area contributed by atoms with Crippen LogP contribution in [0, 0.1) is 5.92 Å². The zero-order chi connectivity index (χ0) is 16.8. The number of benzene rings is 1. The van der Waals surface area contributed by atoms with Crippen LogP contribution < -0.4 is 10.6 Å². The number of nitrogens with one attached hydrogen (secondary N) is 2. The molecule has 0 aliphatic carbocycles. The van der Waals surface area contributed by atoms with Crippen molar-refractivity contribution < 1.29 is 9.53 Å². The van der Waals surface area contributed by atoms with Crippen LogP contribution in [0.15, 0.2) is 24.3 Å². The lowest BCUT2D eigenvalue weighted by molar-refractivity contribution is -0.121. The molecule has 132 valence electrons. The molecular weight excluding hydrogens is 324 g/mol. The van der Waals surface area contributed by atoms with Crippen molar-refractivity contribution in [1.29, 1.82) is 0 Å². The summed E-state index contributed by atoms with van der Waals surface area (Å²) in [5.74, 6) is 0.802. The Morgan fingerprint density at radius 1 is 1.33 bits per heavy atom. The molecule has 5 heteroatoms. The molecule has 3 rings (SSSR count). The minimum absolute atomic E-state index is 0.110. The summed E-state index contributed by atoms with van der Waals surface area (Å²) in [4.78, 5) is 12.3. The highest BCUT2D eigenvalue weighted by Crippen LogP contribution is 2.38. The number of rotatable bonds is 6. The average Bonchev–Trinajstić information content (AvgIpc) is 3.13. The molecule has 1 aromatic rings. The third-order valence-electron chi connectivity index (χ3n) is 5.46. The van der Waals surface area contributed by atoms with E-state index in [4.69, 9.17) is 16.3 Å². The Morgan fingerprint density at radius 2 is 2.12 bits per heavy atom. The first-order valence-electron chi connectivity index (χ1n) is 9.00. The zero-order valence-corrected chi connectivity index (χ0v) is 14.9. The molecular formula is C19H27ClN2O2. The van der Waals surface area contributed by atoms with Crippen LogP contribution in [0.5, 0.6) is 0 Å². The molecule has 2 heterocycles. The molecule has 4 nitrogen and oxygen atoms in total. The van der Waals surface area contributed by atoms with Gasteiger partial charge in [-0.1, -0.05) is 29.8 Å². The summed E-state index contributed by atoms with van der Waals surface area (Å²) in [6.45, 7) is 4.21. The van der Waals surface area contributed by atoms with Crippen LogP contribution >= 0.6 is 11.6 Å². The summed E-state index contributed by atoms with van der Waals surface area (Å²) < 4.78 is 5.55. The van der Waals surface area contributed by atoms with Gasteiger partial charge in [-0.3, -0.25) is 4.79 Å². The number of halogens is 1. The summed E-state index contributed by atoms with van der Waals surface area (Å²) in [5.41, 5.74) is 1.02. The molecule has 0 saturated carbocycles. The van der Waals surface area contributed by atoms with Gasteiger partial charge in [-0.25, -0.2) is 0 Å². The van der Waals surface area contributed by atoms with E-state index < -0.39 is 0 Å². The maximum Gasteiger partial charge on any atom is 0.220 e. The van der Waals surface area contributed by atoms with E-state index in [1.807, 2.05) is 18.2 Å². The van der Waals surface area contributed by atoms with E-state index >= 15 is 0 Å². The van der Waals surface area contributed by atoms with Gasteiger partial charge in [0, 0.05) is 36.6 Å². The summed E-state index contributed by atoms with van der Waals surface area (Å²) in [6, 6.07) is 7.99. The Balaban J connectivity index is 1.60. The minimum atomic E-state index is -0.110. The van der Waals surface area contributed by atoms with Crippen molar-refractivity contribution >= 4 is 17.5 Å². The highest BCUT2D eigenvalue weighted by atomic mass is 35.5. The smallest absolute Gasteiger partial charge is 0.220 e. The molecule has 1 unspecified atom stereocenters. The Bertz CT molecular complexity index is 552. The third-order valence-corrected chi connectivity index (χ3v) is 5.79. The summed E-state index contributed by atoms with van der Waals surface area (Å²) in [5, 5.41) is 7.31. The third kappa shape index (κ3) is 4.29. The topological polar surface area (TPSA) is 50.4 Å². The van der Waals surface area contributed by atoms with Gasteiger partial charge in [0.05, 0.1) is 0 Å². The van der Waals surface area contributed by atoms with Crippen LogP contribution in [-0.4, -0.2) is 38.8 Å². The van der Waals surface area contributed by atoms with Crippen LogP contribution in [0.2, 0.25) is 5.02 Å². The van der Waals surface area contributed by atoms with E-state index in [0.717, 1.165) is 56.2 Å². The summed E-state index contributed by atoms with van der Waals surface area (Å²) in [7, 11) is 0. The van der Waals surface area contributed by atoms with E-state index in [0.29, 0.717) is 18.9 Å². The number of carbonyl (C=O) groups excluding carboxylic acids is 1. The van der Waals surface area contributed by atoms with E-state index in [9.17, 15) is 4.79 Å². The molecule has 1 atom stereocenters. The van der Waals surface area contributed by atoms with Crippen molar-refractivity contribution in [1.82, 2.24) is 10.6 Å². The van der Waals surface area contributed by atoms with Crippen molar-refractivity contribution in [3.05, 3.63) is 34.9 Å². The lowest BCUT2D eigenvalue weighted by Gasteiger charge is -2.38. The van der Waals surface area contributed by atoms with Crippen molar-refractivity contribution in [2.24, 2.45) is 5.92 Å². The van der Waals surface area contributed by atoms with Gasteiger partial charge in [0.1, 0.15) is 0 Å². The van der Waals surface area contributed by atoms with Crippen molar-refractivity contribution in [2.75, 3.05) is 32.8 Å². The maximum absolute atomic E-state index is 12.3. The first kappa shape index (κ1) is 17.7. The second kappa shape index (κ2) is 8.32. The molecule has 1 amide bonds. The normalized spacial score (nSPS) is 23.1. The number of ether oxygens (including phenoxy) is 1. The van der Waals surface area contributed by atoms with Gasteiger partial charge in [-0.05, 0) is 56.3 Å². The van der Waals surface area contributed by atoms with E-state index in [2.05, 4.69) is 16.7 Å². The fourth-order valence-corrected chi connectivity index (χ4v) is 4.18. The van der Waals surface area contributed by atoms with E-state index in [-0.39, 0.29) is 11.3 Å². The molecule has 24 heavy (non-hydrogen) atoms. The standard InChI is InChI=1S/C19H27ClN2O2/c20-17-4-2-1-3-16(17)19(8-11-24-12-9-19)14-22-18(23)6-5-15-7-10-21-13-15/h1-4,15,21H,5-14H2,(H,22,23). The van der Waals surface area contributed by atoms with Crippen LogP contribution in [-0.2, 0) is 14.9 Å². The van der Waals surface area contributed by atoms with Gasteiger partial charge in [-0.2, -0.15) is 0 Å². The predicted molar refractivity (Wildman–Crippen MR) is 96.4 cm³/mol. The predicted octanol–water partition coefficient (Wildman–Crippen LogP) is 2.89. The van der Waals surface area contributed by atoms with Gasteiger partial charge in [-0.15, -0.1) is 0 Å². The van der Waals surface area contributed by atoms with Crippen LogP contribution in [0.4, 0.5) is 0 Å². The van der Waals surface area contributed by atoms with E-state index in [1.165, 1.54) is 6.42 Å². The first-order valence-corrected chi connectivity index (χ1v) is 9.38. The van der Waals surface area contributed by atoms with Gasteiger partial charge in [0.25, 0.3) is 0 Å². The fourth-order valence-electron chi connectivity index (χ4n) is 3.85. The minimum Gasteiger partial charge on any atom is -0.381 e. The van der Waals surface area contributed by atoms with Crippen molar-refractivity contribution in [2.45, 2.75) is 37.5 Å². The number of amides is 1. The second-order valence-electron chi connectivity index (χ2n) is 7.05. The highest BCUT2D eigenvalue weighted by molar-refractivity contribution is 6.31. The molecule has 2 aliphatic heterocycles. The van der Waals surface area contributed by atoms with Crippen molar-refractivity contribution in [3.63, 3.8) is 0 Å². The molecule has 2 saturated heterocycles. The van der Waals surface area contributed by atoms with E-state index in [1.54, 1.807) is 0 Å². The van der Waals surface area contributed by atoms with Crippen LogP contribution in [0.1, 0.15) is 37.7 Å². The lowest BCUT2D eigenvalue weighted by atomic mass is 9.74. The molecule has 1 aromatic carbocycles. The van der Waals surface area contributed by atoms with Crippen LogP contribution in [0.25, 0.3) is 0 Å². The fraction of sp³-hybridized carbons (Fsp3) is 0.632.